The summed E-state index contributed by atoms with van der Waals surface area (Å²) >= 11 is 0. The van der Waals surface area contributed by atoms with E-state index in [9.17, 15) is 9.18 Å². The Bertz CT molecular complexity index is 408. The third-order valence-corrected chi connectivity index (χ3v) is 3.56. The van der Waals surface area contributed by atoms with Gasteiger partial charge in [0.15, 0.2) is 0 Å². The molecule has 0 saturated heterocycles. The molecule has 1 aromatic rings. The summed E-state index contributed by atoms with van der Waals surface area (Å²) in [5, 5.41) is 0. The van der Waals surface area contributed by atoms with Gasteiger partial charge >= 0.3 is 5.97 Å². The van der Waals surface area contributed by atoms with Crippen LogP contribution in [0.2, 0.25) is 0 Å². The van der Waals surface area contributed by atoms with Crippen molar-refractivity contribution in [2.45, 2.75) is 52.4 Å². The minimum absolute atomic E-state index is 0.0591. The second-order valence-corrected chi connectivity index (χ2v) is 5.30. The number of methoxy groups -OCH3 is 1. The topological polar surface area (TPSA) is 26.3 Å². The fourth-order valence-electron chi connectivity index (χ4n) is 2.06. The zero-order chi connectivity index (χ0) is 16.8. The number of carbonyl (C=O) groups excluding carboxylic acids is 1. The highest BCUT2D eigenvalue weighted by molar-refractivity contribution is 5.72. The minimum Gasteiger partial charge on any atom is -0.469 e. The van der Waals surface area contributed by atoms with Crippen LogP contribution >= 0.6 is 0 Å². The zero-order valence-corrected chi connectivity index (χ0v) is 14.1. The molecule has 0 aliphatic heterocycles. The van der Waals surface area contributed by atoms with Crippen molar-refractivity contribution in [3.8, 4) is 0 Å². The van der Waals surface area contributed by atoms with E-state index in [2.05, 4.69) is 6.58 Å². The molecular weight excluding hydrogens is 279 g/mol. The second-order valence-electron chi connectivity index (χ2n) is 5.30. The SMILES string of the molecule is C=CCCCCC[C@H](CC)C(=O)OC.Cc1ccccc1F. The zero-order valence-electron chi connectivity index (χ0n) is 14.1. The van der Waals surface area contributed by atoms with Crippen LogP contribution in [-0.4, -0.2) is 13.1 Å². The Morgan fingerprint density at radius 2 is 2.00 bits per heavy atom. The third kappa shape index (κ3) is 9.32. The molecule has 1 aromatic carbocycles. The first-order valence-corrected chi connectivity index (χ1v) is 7.96. The molecule has 0 spiro atoms. The number of allylic oxidation sites excluding steroid dienone is 1. The Morgan fingerprint density at radius 3 is 2.45 bits per heavy atom. The van der Waals surface area contributed by atoms with Crippen molar-refractivity contribution >= 4 is 5.97 Å². The maximum absolute atomic E-state index is 12.3. The summed E-state index contributed by atoms with van der Waals surface area (Å²) in [6.07, 6.45) is 8.34. The molecule has 0 bridgehead atoms. The highest BCUT2D eigenvalue weighted by Crippen LogP contribution is 2.15. The summed E-state index contributed by atoms with van der Waals surface area (Å²) in [6.45, 7) is 7.46. The van der Waals surface area contributed by atoms with Gasteiger partial charge in [0.1, 0.15) is 5.82 Å². The average Bonchev–Trinajstić information content (AvgIpc) is 2.54. The van der Waals surface area contributed by atoms with Gasteiger partial charge in [-0.2, -0.15) is 0 Å². The van der Waals surface area contributed by atoms with E-state index in [1.807, 2.05) is 19.1 Å². The van der Waals surface area contributed by atoms with Crippen LogP contribution in [-0.2, 0) is 9.53 Å². The van der Waals surface area contributed by atoms with Crippen molar-refractivity contribution in [2.75, 3.05) is 7.11 Å². The lowest BCUT2D eigenvalue weighted by atomic mass is 9.98. The number of esters is 1. The first-order valence-electron chi connectivity index (χ1n) is 7.96. The molecule has 0 radical (unpaired) electrons. The Kier molecular flexibility index (Phi) is 12.1. The molecule has 3 heteroatoms. The Hall–Kier alpha value is -1.64. The maximum Gasteiger partial charge on any atom is 0.308 e. The van der Waals surface area contributed by atoms with Gasteiger partial charge in [-0.25, -0.2) is 4.39 Å². The number of carbonyl (C=O) groups is 1. The van der Waals surface area contributed by atoms with Gasteiger partial charge in [0.05, 0.1) is 13.0 Å². The highest BCUT2D eigenvalue weighted by Gasteiger charge is 2.15. The van der Waals surface area contributed by atoms with Crippen LogP contribution in [0, 0.1) is 18.7 Å². The number of halogens is 1. The monoisotopic (exact) mass is 308 g/mol. The van der Waals surface area contributed by atoms with Crippen molar-refractivity contribution in [3.05, 3.63) is 48.3 Å². The number of ether oxygens (including phenoxy) is 1. The van der Waals surface area contributed by atoms with Crippen molar-refractivity contribution in [1.82, 2.24) is 0 Å². The second kappa shape index (κ2) is 13.1. The van der Waals surface area contributed by atoms with Crippen LogP contribution < -0.4 is 0 Å². The van der Waals surface area contributed by atoms with E-state index in [0.717, 1.165) is 25.7 Å². The van der Waals surface area contributed by atoms with E-state index < -0.39 is 0 Å². The molecule has 0 saturated carbocycles. The summed E-state index contributed by atoms with van der Waals surface area (Å²) in [5.41, 5.74) is 0.701. The summed E-state index contributed by atoms with van der Waals surface area (Å²) < 4.78 is 17.0. The molecule has 0 aliphatic carbocycles. The minimum atomic E-state index is -0.132. The van der Waals surface area contributed by atoms with Gasteiger partial charge in [0.25, 0.3) is 0 Å². The van der Waals surface area contributed by atoms with Crippen molar-refractivity contribution in [1.29, 1.82) is 0 Å². The summed E-state index contributed by atoms with van der Waals surface area (Å²) in [5.74, 6) is -0.0903. The van der Waals surface area contributed by atoms with Gasteiger partial charge in [-0.1, -0.05) is 44.0 Å². The molecule has 22 heavy (non-hydrogen) atoms. The lowest BCUT2D eigenvalue weighted by molar-refractivity contribution is -0.145. The molecule has 0 N–H and O–H groups in total. The van der Waals surface area contributed by atoms with Gasteiger partial charge in [-0.3, -0.25) is 4.79 Å². The van der Waals surface area contributed by atoms with Gasteiger partial charge in [0.2, 0.25) is 0 Å². The molecule has 0 unspecified atom stereocenters. The number of rotatable bonds is 8. The number of hydrogen-bond donors (Lipinski definition) is 0. The Morgan fingerprint density at radius 1 is 1.32 bits per heavy atom. The molecule has 0 heterocycles. The normalized spacial score (nSPS) is 11.1. The molecule has 1 atom stereocenters. The fourth-order valence-corrected chi connectivity index (χ4v) is 2.06. The van der Waals surface area contributed by atoms with Gasteiger partial charge in [-0.15, -0.1) is 6.58 Å². The average molecular weight is 308 g/mol. The van der Waals surface area contributed by atoms with Gasteiger partial charge < -0.3 is 4.74 Å². The fraction of sp³-hybridized carbons (Fsp3) is 0.526. The molecule has 1 rings (SSSR count). The van der Waals surface area contributed by atoms with Crippen LogP contribution in [0.5, 0.6) is 0 Å². The molecule has 0 aromatic heterocycles. The predicted octanol–water partition coefficient (Wildman–Crippen LogP) is 5.46. The van der Waals surface area contributed by atoms with Crippen molar-refractivity contribution in [2.24, 2.45) is 5.92 Å². The van der Waals surface area contributed by atoms with E-state index in [0.29, 0.717) is 5.56 Å². The number of hydrogen-bond acceptors (Lipinski definition) is 2. The molecule has 2 nitrogen and oxygen atoms in total. The lowest BCUT2D eigenvalue weighted by Crippen LogP contribution is -2.15. The molecule has 0 fully saturated rings. The van der Waals surface area contributed by atoms with Crippen LogP contribution in [0.3, 0.4) is 0 Å². The van der Waals surface area contributed by atoms with Gasteiger partial charge in [-0.05, 0) is 44.2 Å². The molecule has 124 valence electrons. The molecule has 0 amide bonds. The van der Waals surface area contributed by atoms with E-state index in [1.54, 1.807) is 19.1 Å². The number of aryl methyl sites for hydroxylation is 1. The van der Waals surface area contributed by atoms with E-state index in [1.165, 1.54) is 26.0 Å². The van der Waals surface area contributed by atoms with E-state index >= 15 is 0 Å². The Balaban J connectivity index is 0.000000461. The highest BCUT2D eigenvalue weighted by atomic mass is 19.1. The molecular formula is C19H29FO2. The largest absolute Gasteiger partial charge is 0.469 e. The van der Waals surface area contributed by atoms with E-state index in [4.69, 9.17) is 4.74 Å². The van der Waals surface area contributed by atoms with Crippen LogP contribution in [0.15, 0.2) is 36.9 Å². The quantitative estimate of drug-likeness (QED) is 0.362. The number of unbranched alkanes of at least 4 members (excludes halogenated alkanes) is 3. The first kappa shape index (κ1) is 20.4. The first-order chi connectivity index (χ1) is 10.6. The molecule has 0 aliphatic rings. The summed E-state index contributed by atoms with van der Waals surface area (Å²) in [6, 6.07) is 6.70. The number of benzene rings is 1. The van der Waals surface area contributed by atoms with E-state index in [-0.39, 0.29) is 17.7 Å². The van der Waals surface area contributed by atoms with Gasteiger partial charge in [0, 0.05) is 0 Å². The smallest absolute Gasteiger partial charge is 0.308 e. The summed E-state index contributed by atoms with van der Waals surface area (Å²) in [7, 11) is 1.46. The standard InChI is InChI=1S/C12H22O2.C7H7F/c1-4-6-7-8-9-10-11(5-2)12(13)14-3;1-6-4-2-3-5-7(6)8/h4,11H,1,5-10H2,2-3H3;2-5H,1H3/t11-;/m0./s1. The summed E-state index contributed by atoms with van der Waals surface area (Å²) in [4.78, 5) is 11.2. The van der Waals surface area contributed by atoms with Crippen LogP contribution in [0.25, 0.3) is 0 Å². The van der Waals surface area contributed by atoms with Crippen molar-refractivity contribution in [3.63, 3.8) is 0 Å². The van der Waals surface area contributed by atoms with Crippen LogP contribution in [0.1, 0.15) is 51.0 Å². The third-order valence-electron chi connectivity index (χ3n) is 3.56. The maximum atomic E-state index is 12.3. The lowest BCUT2D eigenvalue weighted by Gasteiger charge is -2.11. The van der Waals surface area contributed by atoms with Crippen LogP contribution in [0.4, 0.5) is 4.39 Å². The predicted molar refractivity (Wildman–Crippen MR) is 90.2 cm³/mol. The van der Waals surface area contributed by atoms with Crippen molar-refractivity contribution < 1.29 is 13.9 Å². The Labute approximate surface area is 134 Å².